The molecule has 2 N–H and O–H groups in total. The Morgan fingerprint density at radius 1 is 1.17 bits per heavy atom. The van der Waals surface area contributed by atoms with Crippen molar-refractivity contribution in [1.82, 2.24) is 10.6 Å². The van der Waals surface area contributed by atoms with Gasteiger partial charge in [-0.05, 0) is 24.4 Å². The molecule has 0 aromatic heterocycles. The monoisotopic (exact) mass is 248 g/mol. The summed E-state index contributed by atoms with van der Waals surface area (Å²) in [5, 5.41) is 6.20. The minimum absolute atomic E-state index is 0.135. The molecule has 1 aromatic carbocycles. The van der Waals surface area contributed by atoms with Crippen molar-refractivity contribution in [3.63, 3.8) is 0 Å². The molecule has 0 aliphatic carbocycles. The van der Waals surface area contributed by atoms with Crippen molar-refractivity contribution in [2.24, 2.45) is 5.92 Å². The van der Waals surface area contributed by atoms with Gasteiger partial charge in [0.2, 0.25) is 5.91 Å². The van der Waals surface area contributed by atoms with Gasteiger partial charge in [-0.2, -0.15) is 0 Å². The number of hydrogen-bond acceptors (Lipinski definition) is 2. The topological polar surface area (TPSA) is 41.1 Å². The van der Waals surface area contributed by atoms with Crippen LogP contribution in [0.3, 0.4) is 0 Å². The fourth-order valence-corrected chi connectivity index (χ4v) is 1.61. The van der Waals surface area contributed by atoms with Crippen LogP contribution in [0, 0.1) is 5.92 Å². The molecule has 0 atom stereocenters. The Morgan fingerprint density at radius 2 is 1.89 bits per heavy atom. The molecule has 0 unspecified atom stereocenters. The van der Waals surface area contributed by atoms with Crippen LogP contribution in [0.2, 0.25) is 0 Å². The lowest BCUT2D eigenvalue weighted by Gasteiger charge is -2.08. The van der Waals surface area contributed by atoms with E-state index in [1.54, 1.807) is 0 Å². The molecule has 1 rings (SSSR count). The van der Waals surface area contributed by atoms with Gasteiger partial charge >= 0.3 is 0 Å². The second-order valence-electron chi connectivity index (χ2n) is 4.93. The Labute approximate surface area is 110 Å². The molecule has 0 radical (unpaired) electrons. The molecule has 0 aliphatic rings. The number of hydrogen-bond donors (Lipinski definition) is 2. The lowest BCUT2D eigenvalue weighted by Crippen LogP contribution is -2.30. The van der Waals surface area contributed by atoms with Gasteiger partial charge in [0.1, 0.15) is 0 Å². The van der Waals surface area contributed by atoms with E-state index in [4.69, 9.17) is 0 Å². The maximum atomic E-state index is 11.4. The highest BCUT2D eigenvalue weighted by atomic mass is 16.1. The second kappa shape index (κ2) is 8.70. The molecule has 1 amide bonds. The van der Waals surface area contributed by atoms with Crippen LogP contribution < -0.4 is 10.6 Å². The van der Waals surface area contributed by atoms with Gasteiger partial charge in [0, 0.05) is 19.5 Å². The third-order valence-corrected chi connectivity index (χ3v) is 2.67. The third kappa shape index (κ3) is 7.07. The van der Waals surface area contributed by atoms with E-state index in [0.717, 1.165) is 26.1 Å². The van der Waals surface area contributed by atoms with Crippen molar-refractivity contribution in [3.8, 4) is 0 Å². The molecule has 0 aliphatic heterocycles. The first-order valence-electron chi connectivity index (χ1n) is 6.70. The molecular weight excluding hydrogens is 224 g/mol. The Kier molecular flexibility index (Phi) is 7.11. The van der Waals surface area contributed by atoms with Crippen LogP contribution in [-0.2, 0) is 11.2 Å². The van der Waals surface area contributed by atoms with E-state index in [1.807, 2.05) is 6.07 Å². The minimum Gasteiger partial charge on any atom is -0.356 e. The van der Waals surface area contributed by atoms with Crippen LogP contribution >= 0.6 is 0 Å². The maximum absolute atomic E-state index is 11.4. The smallest absolute Gasteiger partial charge is 0.221 e. The van der Waals surface area contributed by atoms with Gasteiger partial charge in [-0.3, -0.25) is 4.79 Å². The number of rotatable bonds is 8. The molecule has 0 saturated carbocycles. The highest BCUT2D eigenvalue weighted by molar-refractivity contribution is 5.76. The zero-order valence-electron chi connectivity index (χ0n) is 11.4. The first kappa shape index (κ1) is 14.7. The molecule has 0 bridgehead atoms. The highest BCUT2D eigenvalue weighted by Crippen LogP contribution is 1.98. The van der Waals surface area contributed by atoms with E-state index in [9.17, 15) is 4.79 Å². The summed E-state index contributed by atoms with van der Waals surface area (Å²) in [7, 11) is 0. The van der Waals surface area contributed by atoms with Crippen molar-refractivity contribution >= 4 is 5.91 Å². The van der Waals surface area contributed by atoms with E-state index >= 15 is 0 Å². The van der Waals surface area contributed by atoms with Crippen LogP contribution in [0.25, 0.3) is 0 Å². The lowest BCUT2D eigenvalue weighted by atomic mass is 10.1. The van der Waals surface area contributed by atoms with Gasteiger partial charge in [0.25, 0.3) is 0 Å². The summed E-state index contributed by atoms with van der Waals surface area (Å²) in [5.74, 6) is 0.649. The molecular formula is C15H24N2O. The van der Waals surface area contributed by atoms with Crippen molar-refractivity contribution in [2.75, 3.05) is 19.6 Å². The summed E-state index contributed by atoms with van der Waals surface area (Å²) in [6.07, 6.45) is 1.57. The summed E-state index contributed by atoms with van der Waals surface area (Å²) in [5.41, 5.74) is 1.33. The Morgan fingerprint density at radius 3 is 2.56 bits per heavy atom. The molecule has 1 aromatic rings. The van der Waals surface area contributed by atoms with Gasteiger partial charge in [0.15, 0.2) is 0 Å². The van der Waals surface area contributed by atoms with Gasteiger partial charge in [-0.15, -0.1) is 0 Å². The molecule has 0 heterocycles. The van der Waals surface area contributed by atoms with Crippen LogP contribution in [0.5, 0.6) is 0 Å². The van der Waals surface area contributed by atoms with Gasteiger partial charge in [-0.25, -0.2) is 0 Å². The average Bonchev–Trinajstić information content (AvgIpc) is 2.37. The Hall–Kier alpha value is -1.35. The van der Waals surface area contributed by atoms with Crippen molar-refractivity contribution in [3.05, 3.63) is 35.9 Å². The normalized spacial score (nSPS) is 10.6. The van der Waals surface area contributed by atoms with E-state index in [2.05, 4.69) is 48.7 Å². The van der Waals surface area contributed by atoms with Crippen molar-refractivity contribution in [1.29, 1.82) is 0 Å². The summed E-state index contributed by atoms with van der Waals surface area (Å²) < 4.78 is 0. The molecule has 0 spiro atoms. The Bertz CT molecular complexity index is 336. The first-order chi connectivity index (χ1) is 8.68. The summed E-state index contributed by atoms with van der Waals surface area (Å²) >= 11 is 0. The molecule has 100 valence electrons. The van der Waals surface area contributed by atoms with Crippen LogP contribution in [0.4, 0.5) is 0 Å². The summed E-state index contributed by atoms with van der Waals surface area (Å²) in [6, 6.07) is 10.4. The maximum Gasteiger partial charge on any atom is 0.221 e. The lowest BCUT2D eigenvalue weighted by molar-refractivity contribution is -0.121. The molecule has 18 heavy (non-hydrogen) atoms. The zero-order valence-corrected chi connectivity index (χ0v) is 11.4. The predicted octanol–water partition coefficient (Wildman–Crippen LogP) is 1.98. The van der Waals surface area contributed by atoms with E-state index in [1.165, 1.54) is 5.56 Å². The van der Waals surface area contributed by atoms with Crippen LogP contribution in [-0.4, -0.2) is 25.5 Å². The summed E-state index contributed by atoms with van der Waals surface area (Å²) in [4.78, 5) is 11.4. The second-order valence-corrected chi connectivity index (χ2v) is 4.93. The fraction of sp³-hybridized carbons (Fsp3) is 0.533. The predicted molar refractivity (Wildman–Crippen MR) is 75.5 cm³/mol. The molecule has 3 nitrogen and oxygen atoms in total. The van der Waals surface area contributed by atoms with Gasteiger partial charge in [-0.1, -0.05) is 44.2 Å². The quantitative estimate of drug-likeness (QED) is 0.691. The zero-order chi connectivity index (χ0) is 13.2. The number of amides is 1. The van der Waals surface area contributed by atoms with Crippen molar-refractivity contribution < 1.29 is 4.79 Å². The van der Waals surface area contributed by atoms with E-state index in [-0.39, 0.29) is 5.91 Å². The largest absolute Gasteiger partial charge is 0.356 e. The van der Waals surface area contributed by atoms with E-state index in [0.29, 0.717) is 12.3 Å². The van der Waals surface area contributed by atoms with Gasteiger partial charge in [0.05, 0.1) is 0 Å². The number of nitrogens with one attached hydrogen (secondary N) is 2. The minimum atomic E-state index is 0.135. The highest BCUT2D eigenvalue weighted by Gasteiger charge is 2.01. The molecule has 3 heteroatoms. The Balaban J connectivity index is 2.00. The van der Waals surface area contributed by atoms with Crippen LogP contribution in [0.15, 0.2) is 30.3 Å². The standard InChI is InChI=1S/C15H24N2O/c1-13(2)12-17-15(18)9-11-16-10-8-14-6-4-3-5-7-14/h3-7,13,16H,8-12H2,1-2H3,(H,17,18). The average molecular weight is 248 g/mol. The number of carbonyl (C=O) groups excluding carboxylic acids is 1. The van der Waals surface area contributed by atoms with E-state index < -0.39 is 0 Å². The number of benzene rings is 1. The van der Waals surface area contributed by atoms with Gasteiger partial charge < -0.3 is 10.6 Å². The van der Waals surface area contributed by atoms with Crippen LogP contribution in [0.1, 0.15) is 25.8 Å². The number of carbonyl (C=O) groups is 1. The first-order valence-corrected chi connectivity index (χ1v) is 6.70. The molecule has 0 saturated heterocycles. The SMILES string of the molecule is CC(C)CNC(=O)CCNCCc1ccccc1. The molecule has 0 fully saturated rings. The third-order valence-electron chi connectivity index (χ3n) is 2.67. The summed E-state index contributed by atoms with van der Waals surface area (Å²) in [6.45, 7) is 6.62. The fourth-order valence-electron chi connectivity index (χ4n) is 1.61. The van der Waals surface area contributed by atoms with Crippen molar-refractivity contribution in [2.45, 2.75) is 26.7 Å².